The zero-order valence-electron chi connectivity index (χ0n) is 29.2. The molecule has 3 aromatic carbocycles. The summed E-state index contributed by atoms with van der Waals surface area (Å²) in [5, 5.41) is 7.27. The average Bonchev–Trinajstić information content (AvgIpc) is 3.54. The van der Waals surface area contributed by atoms with Gasteiger partial charge in [-0.25, -0.2) is 4.98 Å². The molecule has 0 bridgehead atoms. The number of rotatable bonds is 7. The topological polar surface area (TPSA) is 44.9 Å². The van der Waals surface area contributed by atoms with Crippen LogP contribution < -0.4 is 4.74 Å². The van der Waals surface area contributed by atoms with Gasteiger partial charge in [-0.1, -0.05) is 70.0 Å². The molecule has 0 aliphatic heterocycles. The normalized spacial score (nSPS) is 16.7. The van der Waals surface area contributed by atoms with E-state index < -0.39 is 0 Å². The van der Waals surface area contributed by atoms with Gasteiger partial charge in [-0.3, -0.25) is 4.68 Å². The van der Waals surface area contributed by atoms with Crippen molar-refractivity contribution in [3.05, 3.63) is 119 Å². The number of pyridine rings is 1. The molecule has 2 atom stereocenters. The van der Waals surface area contributed by atoms with E-state index in [-0.39, 0.29) is 26.5 Å². The van der Waals surface area contributed by atoms with E-state index in [0.29, 0.717) is 29.3 Å². The van der Waals surface area contributed by atoms with Crippen LogP contribution in [0, 0.1) is 37.8 Å². The van der Waals surface area contributed by atoms with Crippen molar-refractivity contribution in [3.63, 3.8) is 0 Å². The Morgan fingerprint density at radius 3 is 2.46 bits per heavy atom. The van der Waals surface area contributed by atoms with E-state index in [1.54, 1.807) is 0 Å². The van der Waals surface area contributed by atoms with Crippen molar-refractivity contribution in [1.29, 1.82) is 0 Å². The Balaban J connectivity index is 0.00000401. The van der Waals surface area contributed by atoms with E-state index in [1.807, 2.05) is 35.1 Å². The van der Waals surface area contributed by atoms with Crippen LogP contribution in [-0.2, 0) is 26.5 Å². The molecule has 3 heterocycles. The van der Waals surface area contributed by atoms with Crippen LogP contribution in [0.2, 0.25) is 0 Å². The van der Waals surface area contributed by atoms with Crippen molar-refractivity contribution in [2.75, 3.05) is 0 Å². The van der Waals surface area contributed by atoms with Gasteiger partial charge in [0.1, 0.15) is 5.82 Å². The maximum absolute atomic E-state index is 6.48. The van der Waals surface area contributed by atoms with Crippen LogP contribution in [0.5, 0.6) is 11.5 Å². The summed E-state index contributed by atoms with van der Waals surface area (Å²) >= 11 is 0. The predicted molar refractivity (Wildman–Crippen MR) is 192 cm³/mol. The van der Waals surface area contributed by atoms with Crippen LogP contribution in [0.25, 0.3) is 33.3 Å². The third kappa shape index (κ3) is 5.85. The van der Waals surface area contributed by atoms with Crippen molar-refractivity contribution in [2.45, 2.75) is 79.6 Å². The second-order valence-corrected chi connectivity index (χ2v) is 14.2. The maximum atomic E-state index is 6.48. The predicted octanol–water partition coefficient (Wildman–Crippen LogP) is 10.8. The van der Waals surface area contributed by atoms with Crippen LogP contribution in [0.4, 0.5) is 0 Å². The minimum Gasteiger partial charge on any atom is -0.509 e. The monoisotopic (exact) mass is 815 g/mol. The molecule has 6 heteroatoms. The van der Waals surface area contributed by atoms with Gasteiger partial charge in [-0.2, -0.15) is 17.2 Å². The second kappa shape index (κ2) is 13.2. The maximum Gasteiger partial charge on any atom is 2.00 e. The van der Waals surface area contributed by atoms with Gasteiger partial charge in [0.2, 0.25) is 0 Å². The summed E-state index contributed by atoms with van der Waals surface area (Å²) in [7, 11) is 0. The van der Waals surface area contributed by atoms with Gasteiger partial charge >= 0.3 is 21.1 Å². The van der Waals surface area contributed by atoms with Crippen LogP contribution >= 0.6 is 0 Å². The smallest absolute Gasteiger partial charge is 0.509 e. The van der Waals surface area contributed by atoms with Gasteiger partial charge in [0.15, 0.2) is 0 Å². The Bertz CT molecular complexity index is 2150. The number of hydrogen-bond acceptors (Lipinski definition) is 3. The molecule has 0 radical (unpaired) electrons. The molecule has 3 aromatic heterocycles. The number of nitrogens with zero attached hydrogens (tertiary/aromatic N) is 4. The SMILES string of the molecule is CC1=CCC[C@H](C)C1c1c(C)nn(-c2[c-]c(Oc3[c-]c4c(cc3)c3ccccc3n4-c3cc(C(C)(C)C(C)C)ccn3)ccc2)c1C.[Pt+2]. The molecule has 248 valence electrons. The largest absolute Gasteiger partial charge is 2.00 e. The number of para-hydroxylation sites is 1. The van der Waals surface area contributed by atoms with Crippen molar-refractivity contribution in [3.8, 4) is 23.0 Å². The fourth-order valence-corrected chi connectivity index (χ4v) is 7.35. The zero-order chi connectivity index (χ0) is 33.0. The molecule has 1 unspecified atom stereocenters. The Kier molecular flexibility index (Phi) is 9.30. The fraction of sp³-hybridized carbons (Fsp3) is 0.333. The molecule has 48 heavy (non-hydrogen) atoms. The van der Waals surface area contributed by atoms with E-state index >= 15 is 0 Å². The first-order valence-electron chi connectivity index (χ1n) is 16.9. The third-order valence-corrected chi connectivity index (χ3v) is 10.7. The Morgan fingerprint density at radius 2 is 1.69 bits per heavy atom. The minimum absolute atomic E-state index is 0. The molecule has 0 saturated carbocycles. The Labute approximate surface area is 299 Å². The molecule has 7 rings (SSSR count). The first-order chi connectivity index (χ1) is 22.5. The van der Waals surface area contributed by atoms with E-state index in [1.165, 1.54) is 23.1 Å². The van der Waals surface area contributed by atoms with Gasteiger partial charge in [0, 0.05) is 40.4 Å². The number of hydrogen-bond donors (Lipinski definition) is 0. The fourth-order valence-electron chi connectivity index (χ4n) is 7.35. The molecule has 0 saturated heterocycles. The molecule has 5 nitrogen and oxygen atoms in total. The summed E-state index contributed by atoms with van der Waals surface area (Å²) in [6.07, 6.45) is 6.69. The van der Waals surface area contributed by atoms with Gasteiger partial charge < -0.3 is 9.30 Å². The molecule has 0 amide bonds. The first kappa shape index (κ1) is 33.9. The molecule has 1 aliphatic rings. The van der Waals surface area contributed by atoms with E-state index in [9.17, 15) is 0 Å². The van der Waals surface area contributed by atoms with Crippen LogP contribution in [0.3, 0.4) is 0 Å². The molecule has 0 N–H and O–H groups in total. The summed E-state index contributed by atoms with van der Waals surface area (Å²) in [6, 6.07) is 30.0. The molecular weight excluding hydrogens is 772 g/mol. The number of ether oxygens (including phenoxy) is 1. The first-order valence-corrected chi connectivity index (χ1v) is 16.9. The summed E-state index contributed by atoms with van der Waals surface area (Å²) in [5.74, 6) is 3.59. The van der Waals surface area contributed by atoms with E-state index in [4.69, 9.17) is 14.8 Å². The van der Waals surface area contributed by atoms with Crippen molar-refractivity contribution in [2.24, 2.45) is 11.8 Å². The van der Waals surface area contributed by atoms with Gasteiger partial charge in [-0.05, 0) is 85.7 Å². The van der Waals surface area contributed by atoms with Crippen molar-refractivity contribution >= 4 is 21.8 Å². The third-order valence-electron chi connectivity index (χ3n) is 10.7. The number of fused-ring (bicyclic) bond motifs is 3. The quantitative estimate of drug-likeness (QED) is 0.119. The zero-order valence-corrected chi connectivity index (χ0v) is 31.4. The Hall–Kier alpha value is -3.95. The summed E-state index contributed by atoms with van der Waals surface area (Å²) in [6.45, 7) is 18.1. The molecule has 6 aromatic rings. The van der Waals surface area contributed by atoms with Gasteiger partial charge in [0.25, 0.3) is 0 Å². The number of aryl methyl sites for hydroxylation is 1. The van der Waals surface area contributed by atoms with Crippen LogP contribution in [0.15, 0.2) is 84.6 Å². The summed E-state index contributed by atoms with van der Waals surface area (Å²) in [5.41, 5.74) is 9.18. The van der Waals surface area contributed by atoms with Crippen molar-refractivity contribution in [1.82, 2.24) is 19.3 Å². The van der Waals surface area contributed by atoms with E-state index in [2.05, 4.69) is 121 Å². The minimum atomic E-state index is 0. The molecule has 0 fully saturated rings. The molecule has 1 aliphatic carbocycles. The van der Waals surface area contributed by atoms with Crippen molar-refractivity contribution < 1.29 is 25.8 Å². The number of allylic oxidation sites excluding steroid dienone is 2. The van der Waals surface area contributed by atoms with Crippen LogP contribution in [0.1, 0.15) is 82.8 Å². The second-order valence-electron chi connectivity index (χ2n) is 14.2. The molecule has 0 spiro atoms. The Morgan fingerprint density at radius 1 is 0.917 bits per heavy atom. The summed E-state index contributed by atoms with van der Waals surface area (Å²) in [4.78, 5) is 4.86. The summed E-state index contributed by atoms with van der Waals surface area (Å²) < 4.78 is 10.7. The number of benzene rings is 3. The molecular formula is C42H44N4OPt. The average molecular weight is 816 g/mol. The van der Waals surface area contributed by atoms with E-state index in [0.717, 1.165) is 51.1 Å². The van der Waals surface area contributed by atoms with Gasteiger partial charge in [-0.15, -0.1) is 35.7 Å². The standard InChI is InChI=1S/C42H44N4O.Pt/c1-26(2)42(7,8)31-21-22-43-39(23-31)45-37-18-10-9-17-35(37)36-20-19-34(25-38(36)45)47-33-16-12-15-32(24-33)46-30(6)41(29(5)44-46)40-27(3)13-11-14-28(40)4;/h9-10,12-13,15-23,26,28,40H,11,14H2,1-8H3;/q-2;+2/t28-,40?;/m0./s1. The number of aromatic nitrogens is 4. The van der Waals surface area contributed by atoms with Crippen LogP contribution in [-0.4, -0.2) is 19.3 Å². The van der Waals surface area contributed by atoms with Gasteiger partial charge in [0.05, 0.1) is 5.69 Å².